The van der Waals surface area contributed by atoms with Gasteiger partial charge in [0.1, 0.15) is 11.3 Å². The Balaban J connectivity index is 1.21. The predicted molar refractivity (Wildman–Crippen MR) is 120 cm³/mol. The van der Waals surface area contributed by atoms with Crippen molar-refractivity contribution in [3.8, 4) is 5.75 Å². The summed E-state index contributed by atoms with van der Waals surface area (Å²) >= 11 is 7.99. The highest BCUT2D eigenvalue weighted by molar-refractivity contribution is 7.18. The van der Waals surface area contributed by atoms with Crippen molar-refractivity contribution in [2.75, 3.05) is 19.7 Å². The number of hydrogen-bond donors (Lipinski definition) is 0. The molecule has 2 aromatic heterocycles. The third-order valence-corrected chi connectivity index (χ3v) is 7.07. The molecule has 1 aliphatic rings. The van der Waals surface area contributed by atoms with Crippen molar-refractivity contribution in [3.05, 3.63) is 64.8 Å². The lowest BCUT2D eigenvalue weighted by atomic mass is 9.97. The lowest BCUT2D eigenvalue weighted by Crippen LogP contribution is -2.40. The summed E-state index contributed by atoms with van der Waals surface area (Å²) in [6.07, 6.45) is 3.55. The van der Waals surface area contributed by atoms with Crippen LogP contribution in [0.25, 0.3) is 21.1 Å². The zero-order chi connectivity index (χ0) is 20.5. The fourth-order valence-electron chi connectivity index (χ4n) is 3.90. The fourth-order valence-corrected chi connectivity index (χ4v) is 5.25. The van der Waals surface area contributed by atoms with Crippen molar-refractivity contribution in [2.24, 2.45) is 0 Å². The molecule has 152 valence electrons. The van der Waals surface area contributed by atoms with Gasteiger partial charge in [-0.1, -0.05) is 23.7 Å². The molecule has 0 N–H and O–H groups in total. The van der Waals surface area contributed by atoms with E-state index in [-0.39, 0.29) is 12.5 Å². The fraction of sp³-hybridized carbons (Fsp3) is 0.261. The first-order valence-corrected chi connectivity index (χ1v) is 11.2. The Kier molecular flexibility index (Phi) is 5.27. The zero-order valence-electron chi connectivity index (χ0n) is 16.3. The Bertz CT molecular complexity index is 1180. The van der Waals surface area contributed by atoms with E-state index in [0.29, 0.717) is 22.2 Å². The van der Waals surface area contributed by atoms with Gasteiger partial charge in [-0.25, -0.2) is 4.98 Å². The maximum atomic E-state index is 12.7. The van der Waals surface area contributed by atoms with Gasteiger partial charge >= 0.3 is 0 Å². The van der Waals surface area contributed by atoms with Gasteiger partial charge in [-0.2, -0.15) is 0 Å². The number of likely N-dealkylation sites (tertiary alicyclic amines) is 1. The molecular weight excluding hydrogens is 418 g/mol. The number of halogens is 1. The van der Waals surface area contributed by atoms with Crippen molar-refractivity contribution in [3.63, 3.8) is 0 Å². The number of amides is 1. The highest BCUT2D eigenvalue weighted by atomic mass is 35.5. The number of carbonyl (C=O) groups is 1. The molecule has 0 bridgehead atoms. The van der Waals surface area contributed by atoms with Crippen molar-refractivity contribution >= 4 is 50.0 Å². The quantitative estimate of drug-likeness (QED) is 0.435. The van der Waals surface area contributed by atoms with E-state index in [1.54, 1.807) is 29.7 Å². The molecule has 3 heterocycles. The number of carbonyl (C=O) groups excluding carboxylic acids is 1. The number of benzene rings is 2. The standard InChI is InChI=1S/C23H20ClN3O2S/c24-17-7-8-19(22-16(17)4-3-11-25-22)29-14-21(28)27-12-9-15(10-13-27)23-26-18-5-1-2-6-20(18)30-23/h1-8,11,15H,9-10,12-14H2. The Labute approximate surface area is 183 Å². The molecule has 0 unspecified atom stereocenters. The summed E-state index contributed by atoms with van der Waals surface area (Å²) in [6, 6.07) is 15.5. The van der Waals surface area contributed by atoms with Gasteiger partial charge in [0.15, 0.2) is 6.61 Å². The minimum atomic E-state index is -0.00298. The van der Waals surface area contributed by atoms with E-state index < -0.39 is 0 Å². The van der Waals surface area contributed by atoms with E-state index in [9.17, 15) is 4.79 Å². The third kappa shape index (κ3) is 3.73. The van der Waals surface area contributed by atoms with E-state index >= 15 is 0 Å². The zero-order valence-corrected chi connectivity index (χ0v) is 17.8. The van der Waals surface area contributed by atoms with Crippen LogP contribution in [0.15, 0.2) is 54.7 Å². The van der Waals surface area contributed by atoms with E-state index in [0.717, 1.165) is 36.8 Å². The molecule has 0 radical (unpaired) electrons. The number of rotatable bonds is 4. The van der Waals surface area contributed by atoms with Crippen molar-refractivity contribution in [2.45, 2.75) is 18.8 Å². The number of aromatic nitrogens is 2. The van der Waals surface area contributed by atoms with Crippen LogP contribution in [0.1, 0.15) is 23.8 Å². The lowest BCUT2D eigenvalue weighted by molar-refractivity contribution is -0.134. The first-order valence-electron chi connectivity index (χ1n) is 9.98. The first-order chi connectivity index (χ1) is 14.7. The molecule has 1 amide bonds. The van der Waals surface area contributed by atoms with E-state index in [2.05, 4.69) is 17.1 Å². The SMILES string of the molecule is O=C(COc1ccc(Cl)c2cccnc12)N1CCC(c2nc3ccccc3s2)CC1. The van der Waals surface area contributed by atoms with Gasteiger partial charge in [-0.3, -0.25) is 9.78 Å². The number of para-hydroxylation sites is 1. The van der Waals surface area contributed by atoms with Crippen LogP contribution in [0.4, 0.5) is 0 Å². The molecule has 1 saturated heterocycles. The van der Waals surface area contributed by atoms with Gasteiger partial charge in [-0.05, 0) is 49.2 Å². The van der Waals surface area contributed by atoms with Crippen molar-refractivity contribution in [1.29, 1.82) is 0 Å². The summed E-state index contributed by atoms with van der Waals surface area (Å²) in [7, 11) is 0. The minimum absolute atomic E-state index is 0.000882. The summed E-state index contributed by atoms with van der Waals surface area (Å²) in [4.78, 5) is 23.7. The number of piperidine rings is 1. The van der Waals surface area contributed by atoms with Gasteiger partial charge < -0.3 is 9.64 Å². The number of thiazole rings is 1. The van der Waals surface area contributed by atoms with E-state index in [4.69, 9.17) is 21.3 Å². The van der Waals surface area contributed by atoms with E-state index in [1.807, 2.05) is 29.2 Å². The van der Waals surface area contributed by atoms with Crippen LogP contribution in [-0.2, 0) is 4.79 Å². The summed E-state index contributed by atoms with van der Waals surface area (Å²) in [5.41, 5.74) is 1.74. The second kappa shape index (κ2) is 8.20. The van der Waals surface area contributed by atoms with E-state index in [1.165, 1.54) is 9.71 Å². The Hall–Kier alpha value is -2.70. The van der Waals surface area contributed by atoms with Gasteiger partial charge in [0.05, 0.1) is 20.2 Å². The number of ether oxygens (including phenoxy) is 1. The summed E-state index contributed by atoms with van der Waals surface area (Å²) in [5, 5.41) is 2.62. The third-order valence-electron chi connectivity index (χ3n) is 5.54. The molecule has 4 aromatic rings. The minimum Gasteiger partial charge on any atom is -0.481 e. The highest BCUT2D eigenvalue weighted by Gasteiger charge is 2.26. The van der Waals surface area contributed by atoms with Crippen LogP contribution in [0.5, 0.6) is 5.75 Å². The Morgan fingerprint density at radius 2 is 1.97 bits per heavy atom. The first kappa shape index (κ1) is 19.3. The maximum Gasteiger partial charge on any atom is 0.260 e. The van der Waals surface area contributed by atoms with Gasteiger partial charge in [0, 0.05) is 30.6 Å². The molecule has 5 nitrogen and oxygen atoms in total. The molecule has 0 aliphatic carbocycles. The molecule has 5 rings (SSSR count). The lowest BCUT2D eigenvalue weighted by Gasteiger charge is -2.31. The predicted octanol–water partition coefficient (Wildman–Crippen LogP) is 5.28. The second-order valence-corrected chi connectivity index (χ2v) is 8.88. The van der Waals surface area contributed by atoms with Crippen molar-refractivity contribution < 1.29 is 9.53 Å². The largest absolute Gasteiger partial charge is 0.481 e. The highest BCUT2D eigenvalue weighted by Crippen LogP contribution is 2.34. The van der Waals surface area contributed by atoms with Crippen LogP contribution in [0.3, 0.4) is 0 Å². The van der Waals surface area contributed by atoms with Crippen LogP contribution in [-0.4, -0.2) is 40.5 Å². The van der Waals surface area contributed by atoms with Crippen molar-refractivity contribution in [1.82, 2.24) is 14.9 Å². The summed E-state index contributed by atoms with van der Waals surface area (Å²) in [6.45, 7) is 1.45. The maximum absolute atomic E-state index is 12.7. The molecule has 7 heteroatoms. The summed E-state index contributed by atoms with van der Waals surface area (Å²) in [5.74, 6) is 0.987. The molecule has 30 heavy (non-hydrogen) atoms. The van der Waals surface area contributed by atoms with Crippen LogP contribution in [0.2, 0.25) is 5.02 Å². The number of nitrogens with zero attached hydrogens (tertiary/aromatic N) is 3. The van der Waals surface area contributed by atoms with Crippen LogP contribution in [0, 0.1) is 0 Å². The molecule has 0 atom stereocenters. The number of pyridine rings is 1. The van der Waals surface area contributed by atoms with Gasteiger partial charge in [-0.15, -0.1) is 11.3 Å². The average molecular weight is 438 g/mol. The summed E-state index contributed by atoms with van der Waals surface area (Å²) < 4.78 is 7.04. The monoisotopic (exact) mass is 437 g/mol. The Morgan fingerprint density at radius 3 is 2.80 bits per heavy atom. The average Bonchev–Trinajstić information content (AvgIpc) is 3.23. The van der Waals surface area contributed by atoms with Crippen LogP contribution < -0.4 is 4.74 Å². The molecule has 1 aliphatic heterocycles. The molecular formula is C23H20ClN3O2S. The number of hydrogen-bond acceptors (Lipinski definition) is 5. The normalized spacial score (nSPS) is 15.0. The smallest absolute Gasteiger partial charge is 0.260 e. The Morgan fingerprint density at radius 1 is 1.13 bits per heavy atom. The molecule has 2 aromatic carbocycles. The second-order valence-electron chi connectivity index (χ2n) is 7.41. The number of fused-ring (bicyclic) bond motifs is 2. The van der Waals surface area contributed by atoms with Crippen LogP contribution >= 0.6 is 22.9 Å². The molecule has 0 saturated carbocycles. The topological polar surface area (TPSA) is 55.3 Å². The molecule has 1 fully saturated rings. The van der Waals surface area contributed by atoms with Gasteiger partial charge in [0.2, 0.25) is 0 Å². The molecule has 0 spiro atoms. The van der Waals surface area contributed by atoms with Gasteiger partial charge in [0.25, 0.3) is 5.91 Å².